The summed E-state index contributed by atoms with van der Waals surface area (Å²) in [5.74, 6) is 0.255. The Morgan fingerprint density at radius 2 is 1.86 bits per heavy atom. The van der Waals surface area contributed by atoms with Crippen LogP contribution in [0, 0.1) is 11.3 Å². The van der Waals surface area contributed by atoms with E-state index >= 15 is 0 Å². The number of hydrogen-bond acceptors (Lipinski definition) is 4. The quantitative estimate of drug-likeness (QED) is 0.530. The van der Waals surface area contributed by atoms with Crippen LogP contribution in [0.25, 0.3) is 6.08 Å². The molecule has 1 N–H and O–H groups in total. The van der Waals surface area contributed by atoms with Crippen molar-refractivity contribution in [3.8, 4) is 17.6 Å². The second-order valence-electron chi connectivity index (χ2n) is 4.29. The first-order chi connectivity index (χ1) is 10.2. The van der Waals surface area contributed by atoms with Gasteiger partial charge < -0.3 is 9.84 Å². The van der Waals surface area contributed by atoms with E-state index in [2.05, 4.69) is 0 Å². The van der Waals surface area contributed by atoms with Crippen molar-refractivity contribution in [3.63, 3.8) is 0 Å². The van der Waals surface area contributed by atoms with Crippen LogP contribution in [0.5, 0.6) is 11.5 Å². The second kappa shape index (κ2) is 6.40. The van der Waals surface area contributed by atoms with E-state index in [1.165, 1.54) is 19.3 Å². The number of nitriles is 1. The van der Waals surface area contributed by atoms with Gasteiger partial charge in [0.05, 0.1) is 7.11 Å². The fourth-order valence-corrected chi connectivity index (χ4v) is 1.81. The van der Waals surface area contributed by atoms with Crippen molar-refractivity contribution >= 4 is 11.9 Å². The molecule has 2 aromatic carbocycles. The van der Waals surface area contributed by atoms with Gasteiger partial charge in [-0.2, -0.15) is 5.26 Å². The van der Waals surface area contributed by atoms with Crippen molar-refractivity contribution in [3.05, 3.63) is 65.2 Å². The van der Waals surface area contributed by atoms with Crippen molar-refractivity contribution in [1.82, 2.24) is 0 Å². The molecule has 2 rings (SSSR count). The van der Waals surface area contributed by atoms with Crippen LogP contribution in [0.2, 0.25) is 0 Å². The zero-order valence-electron chi connectivity index (χ0n) is 11.4. The summed E-state index contributed by atoms with van der Waals surface area (Å²) in [5.41, 5.74) is 0.775. The van der Waals surface area contributed by atoms with Crippen molar-refractivity contribution in [1.29, 1.82) is 5.26 Å². The summed E-state index contributed by atoms with van der Waals surface area (Å²) in [6.45, 7) is 0. The smallest absolute Gasteiger partial charge is 0.203 e. The van der Waals surface area contributed by atoms with Gasteiger partial charge in [-0.1, -0.05) is 18.2 Å². The first-order valence-corrected chi connectivity index (χ1v) is 6.24. The Hall–Kier alpha value is -3.06. The normalized spacial score (nSPS) is 10.8. The zero-order valence-corrected chi connectivity index (χ0v) is 11.4. The van der Waals surface area contributed by atoms with Crippen LogP contribution in [-0.4, -0.2) is 18.0 Å². The molecule has 2 aromatic rings. The van der Waals surface area contributed by atoms with Gasteiger partial charge >= 0.3 is 0 Å². The number of phenolic OH excluding ortho intramolecular Hbond substituents is 1. The molecular weight excluding hydrogens is 266 g/mol. The molecule has 4 heteroatoms. The van der Waals surface area contributed by atoms with Crippen LogP contribution in [-0.2, 0) is 0 Å². The standard InChI is InChI=1S/C17H13NO3/c1-21-15-8-6-12(7-9-15)17(20)14(11-18)10-13-4-2-3-5-16(13)19/h2-10,19H,1H3. The van der Waals surface area contributed by atoms with Gasteiger partial charge in [0.25, 0.3) is 0 Å². The lowest BCUT2D eigenvalue weighted by atomic mass is 10.0. The van der Waals surface area contributed by atoms with Crippen LogP contribution < -0.4 is 4.74 Å². The van der Waals surface area contributed by atoms with Crippen LogP contribution in [0.4, 0.5) is 0 Å². The summed E-state index contributed by atoms with van der Waals surface area (Å²) in [5, 5.41) is 18.9. The third kappa shape index (κ3) is 3.28. The molecule has 4 nitrogen and oxygen atoms in total. The lowest BCUT2D eigenvalue weighted by Crippen LogP contribution is -2.01. The van der Waals surface area contributed by atoms with E-state index in [0.29, 0.717) is 16.9 Å². The van der Waals surface area contributed by atoms with Crippen molar-refractivity contribution in [2.24, 2.45) is 0 Å². The molecule has 0 aliphatic rings. The number of carbonyl (C=O) groups is 1. The van der Waals surface area contributed by atoms with E-state index in [-0.39, 0.29) is 11.3 Å². The van der Waals surface area contributed by atoms with Gasteiger partial charge in [0.1, 0.15) is 23.1 Å². The molecule has 104 valence electrons. The first kappa shape index (κ1) is 14.4. The molecule has 21 heavy (non-hydrogen) atoms. The minimum atomic E-state index is -0.400. The zero-order chi connectivity index (χ0) is 15.2. The van der Waals surface area contributed by atoms with Crippen molar-refractivity contribution in [2.75, 3.05) is 7.11 Å². The predicted octanol–water partition coefficient (Wildman–Crippen LogP) is 3.19. The number of aromatic hydroxyl groups is 1. The fourth-order valence-electron chi connectivity index (χ4n) is 1.81. The Labute approximate surface area is 122 Å². The van der Waals surface area contributed by atoms with E-state index in [0.717, 1.165) is 0 Å². The van der Waals surface area contributed by atoms with E-state index in [4.69, 9.17) is 10.00 Å². The second-order valence-corrected chi connectivity index (χ2v) is 4.29. The fraction of sp³-hybridized carbons (Fsp3) is 0.0588. The van der Waals surface area contributed by atoms with Crippen LogP contribution in [0.15, 0.2) is 54.1 Å². The molecule has 0 fully saturated rings. The van der Waals surface area contributed by atoms with E-state index in [1.54, 1.807) is 42.5 Å². The van der Waals surface area contributed by atoms with Gasteiger partial charge in [-0.05, 0) is 36.4 Å². The molecule has 0 radical (unpaired) electrons. The summed E-state index contributed by atoms with van der Waals surface area (Å²) in [4.78, 5) is 12.3. The molecule has 0 heterocycles. The van der Waals surface area contributed by atoms with Gasteiger partial charge in [0, 0.05) is 11.1 Å². The van der Waals surface area contributed by atoms with Crippen LogP contribution in [0.1, 0.15) is 15.9 Å². The molecule has 0 saturated carbocycles. The number of ketones is 1. The third-order valence-electron chi connectivity index (χ3n) is 2.95. The van der Waals surface area contributed by atoms with Crippen LogP contribution >= 0.6 is 0 Å². The van der Waals surface area contributed by atoms with Gasteiger partial charge in [0.2, 0.25) is 5.78 Å². The first-order valence-electron chi connectivity index (χ1n) is 6.24. The Balaban J connectivity index is 2.35. The number of allylic oxidation sites excluding steroid dienone is 1. The molecule has 0 unspecified atom stereocenters. The minimum Gasteiger partial charge on any atom is -0.507 e. The Morgan fingerprint density at radius 3 is 2.43 bits per heavy atom. The molecule has 0 amide bonds. The number of ether oxygens (including phenoxy) is 1. The van der Waals surface area contributed by atoms with Crippen molar-refractivity contribution < 1.29 is 14.6 Å². The highest BCUT2D eigenvalue weighted by Crippen LogP contribution is 2.21. The lowest BCUT2D eigenvalue weighted by molar-refractivity contribution is 0.104. The number of rotatable bonds is 4. The van der Waals surface area contributed by atoms with Gasteiger partial charge in [-0.15, -0.1) is 0 Å². The maximum Gasteiger partial charge on any atom is 0.203 e. The summed E-state index contributed by atoms with van der Waals surface area (Å²) in [6, 6.07) is 14.9. The molecular formula is C17H13NO3. The van der Waals surface area contributed by atoms with E-state index in [9.17, 15) is 9.90 Å². The monoisotopic (exact) mass is 279 g/mol. The maximum atomic E-state index is 12.3. The summed E-state index contributed by atoms with van der Waals surface area (Å²) >= 11 is 0. The summed E-state index contributed by atoms with van der Waals surface area (Å²) < 4.78 is 5.02. The number of hydrogen-bond donors (Lipinski definition) is 1. The minimum absolute atomic E-state index is 0.0211. The Morgan fingerprint density at radius 1 is 1.19 bits per heavy atom. The number of phenols is 1. The molecule has 0 atom stereocenters. The molecule has 0 bridgehead atoms. The number of methoxy groups -OCH3 is 1. The highest BCUT2D eigenvalue weighted by Gasteiger charge is 2.13. The number of benzene rings is 2. The number of para-hydroxylation sites is 1. The largest absolute Gasteiger partial charge is 0.507 e. The van der Waals surface area contributed by atoms with Gasteiger partial charge in [-0.25, -0.2) is 0 Å². The maximum absolute atomic E-state index is 12.3. The summed E-state index contributed by atoms with van der Waals surface area (Å²) in [7, 11) is 1.54. The highest BCUT2D eigenvalue weighted by molar-refractivity contribution is 6.14. The van der Waals surface area contributed by atoms with E-state index in [1.807, 2.05) is 6.07 Å². The van der Waals surface area contributed by atoms with Crippen molar-refractivity contribution in [2.45, 2.75) is 0 Å². The van der Waals surface area contributed by atoms with E-state index < -0.39 is 5.78 Å². The number of nitrogens with zero attached hydrogens (tertiary/aromatic N) is 1. The Kier molecular flexibility index (Phi) is 4.37. The average Bonchev–Trinajstić information content (AvgIpc) is 2.53. The SMILES string of the molecule is COc1ccc(C(=O)C(C#N)=Cc2ccccc2O)cc1. The third-order valence-corrected chi connectivity index (χ3v) is 2.95. The highest BCUT2D eigenvalue weighted by atomic mass is 16.5. The Bertz CT molecular complexity index is 724. The number of carbonyl (C=O) groups excluding carboxylic acids is 1. The van der Waals surface area contributed by atoms with Crippen LogP contribution in [0.3, 0.4) is 0 Å². The summed E-state index contributed by atoms with van der Waals surface area (Å²) in [6.07, 6.45) is 1.38. The molecule has 0 aliphatic heterocycles. The lowest BCUT2D eigenvalue weighted by Gasteiger charge is -2.03. The molecule has 0 spiro atoms. The van der Waals surface area contributed by atoms with Gasteiger partial charge in [0.15, 0.2) is 0 Å². The molecule has 0 aliphatic carbocycles. The van der Waals surface area contributed by atoms with Gasteiger partial charge in [-0.3, -0.25) is 4.79 Å². The number of Topliss-reactive ketones (excluding diaryl/α,β-unsaturated/α-hetero) is 1. The molecule has 0 aromatic heterocycles. The topological polar surface area (TPSA) is 70.3 Å². The molecule has 0 saturated heterocycles. The average molecular weight is 279 g/mol. The predicted molar refractivity (Wildman–Crippen MR) is 79.0 cm³/mol.